The van der Waals surface area contributed by atoms with Gasteiger partial charge in [-0.15, -0.1) is 16.4 Å². The van der Waals surface area contributed by atoms with E-state index in [-0.39, 0.29) is 0 Å². The second kappa shape index (κ2) is 5.74. The summed E-state index contributed by atoms with van der Waals surface area (Å²) in [5.41, 5.74) is 0. The van der Waals surface area contributed by atoms with E-state index >= 15 is 0 Å². The fourth-order valence-electron chi connectivity index (χ4n) is 1.26. The summed E-state index contributed by atoms with van der Waals surface area (Å²) in [6.07, 6.45) is 1.85. The van der Waals surface area contributed by atoms with E-state index in [0.717, 1.165) is 11.6 Å². The van der Waals surface area contributed by atoms with E-state index in [2.05, 4.69) is 25.8 Å². The Kier molecular flexibility index (Phi) is 4.05. The maximum absolute atomic E-state index is 5.40. The van der Waals surface area contributed by atoms with Crippen molar-refractivity contribution in [3.63, 3.8) is 0 Å². The van der Waals surface area contributed by atoms with Crippen LogP contribution in [0.15, 0.2) is 10.6 Å². The van der Waals surface area contributed by atoms with Crippen molar-refractivity contribution in [2.75, 3.05) is 11.9 Å². The topological polar surface area (TPSA) is 75.9 Å². The van der Waals surface area contributed by atoms with E-state index in [1.807, 2.05) is 20.0 Å². The van der Waals surface area contributed by atoms with Crippen molar-refractivity contribution in [2.24, 2.45) is 0 Å². The fourth-order valence-corrected chi connectivity index (χ4v) is 1.99. The summed E-state index contributed by atoms with van der Waals surface area (Å²) in [6.45, 7) is 6.15. The molecule has 0 unspecified atom stereocenters. The lowest BCUT2D eigenvalue weighted by Gasteiger charge is -1.97. The van der Waals surface area contributed by atoms with Crippen molar-refractivity contribution < 1.29 is 4.42 Å². The van der Waals surface area contributed by atoms with E-state index in [4.69, 9.17) is 4.42 Å². The minimum atomic E-state index is 0.436. The van der Waals surface area contributed by atoms with Gasteiger partial charge in [0.2, 0.25) is 5.89 Å². The maximum Gasteiger partial charge on any atom is 0.315 e. The van der Waals surface area contributed by atoms with Crippen LogP contribution in [0.4, 0.5) is 6.01 Å². The van der Waals surface area contributed by atoms with E-state index in [0.29, 0.717) is 25.0 Å². The van der Waals surface area contributed by atoms with Crippen LogP contribution in [0.1, 0.15) is 22.7 Å². The molecule has 92 valence electrons. The number of hydrogen-bond donors (Lipinski definition) is 2. The van der Waals surface area contributed by atoms with Crippen LogP contribution in [0.3, 0.4) is 0 Å². The van der Waals surface area contributed by atoms with Crippen LogP contribution in [-0.2, 0) is 13.1 Å². The fraction of sp³-hybridized carbons (Fsp3) is 0.500. The molecule has 2 aromatic rings. The average molecular weight is 253 g/mol. The Balaban J connectivity index is 1.84. The highest BCUT2D eigenvalue weighted by molar-refractivity contribution is 7.11. The van der Waals surface area contributed by atoms with E-state index in [1.165, 1.54) is 4.88 Å². The molecule has 17 heavy (non-hydrogen) atoms. The van der Waals surface area contributed by atoms with Crippen LogP contribution in [0.2, 0.25) is 0 Å². The third-order valence-electron chi connectivity index (χ3n) is 2.05. The Hall–Kier alpha value is -1.47. The van der Waals surface area contributed by atoms with Crippen molar-refractivity contribution >= 4 is 17.4 Å². The molecule has 0 aliphatic carbocycles. The zero-order chi connectivity index (χ0) is 12.1. The molecule has 0 aromatic carbocycles. The van der Waals surface area contributed by atoms with Crippen molar-refractivity contribution in [1.82, 2.24) is 20.5 Å². The zero-order valence-corrected chi connectivity index (χ0v) is 10.7. The van der Waals surface area contributed by atoms with Crippen LogP contribution < -0.4 is 10.6 Å². The summed E-state index contributed by atoms with van der Waals surface area (Å²) in [7, 11) is 0. The summed E-state index contributed by atoms with van der Waals surface area (Å²) >= 11 is 1.65. The summed E-state index contributed by atoms with van der Waals surface area (Å²) in [4.78, 5) is 5.44. The first-order valence-corrected chi connectivity index (χ1v) is 6.28. The molecule has 0 saturated heterocycles. The molecule has 0 radical (unpaired) electrons. The normalized spacial score (nSPS) is 10.7. The van der Waals surface area contributed by atoms with Crippen molar-refractivity contribution in [3.05, 3.63) is 22.0 Å². The zero-order valence-electron chi connectivity index (χ0n) is 9.86. The van der Waals surface area contributed by atoms with Gasteiger partial charge in [0, 0.05) is 11.1 Å². The lowest BCUT2D eigenvalue weighted by Crippen LogP contribution is -2.11. The number of hydrogen-bond acceptors (Lipinski definition) is 7. The van der Waals surface area contributed by atoms with Gasteiger partial charge in [-0.25, -0.2) is 4.98 Å². The minimum absolute atomic E-state index is 0.436. The molecular formula is C10H15N5OS. The molecule has 0 saturated carbocycles. The third-order valence-corrected chi connectivity index (χ3v) is 2.97. The molecule has 0 spiro atoms. The highest BCUT2D eigenvalue weighted by Gasteiger charge is 2.05. The van der Waals surface area contributed by atoms with Gasteiger partial charge in [-0.3, -0.25) is 0 Å². The van der Waals surface area contributed by atoms with Gasteiger partial charge in [0.15, 0.2) is 0 Å². The maximum atomic E-state index is 5.40. The van der Waals surface area contributed by atoms with Gasteiger partial charge < -0.3 is 15.1 Å². The molecular weight excluding hydrogens is 238 g/mol. The number of aryl methyl sites for hydroxylation is 1. The molecule has 0 bridgehead atoms. The quantitative estimate of drug-likeness (QED) is 0.813. The molecule has 0 fully saturated rings. The number of anilines is 1. The molecule has 0 atom stereocenters. The third kappa shape index (κ3) is 3.50. The first-order valence-electron chi connectivity index (χ1n) is 5.46. The van der Waals surface area contributed by atoms with E-state index in [9.17, 15) is 0 Å². The summed E-state index contributed by atoms with van der Waals surface area (Å²) in [5.74, 6) is 0.588. The smallest absolute Gasteiger partial charge is 0.315 e. The Morgan fingerprint density at radius 3 is 2.94 bits per heavy atom. The van der Waals surface area contributed by atoms with Crippen LogP contribution in [0.5, 0.6) is 0 Å². The van der Waals surface area contributed by atoms with Crippen LogP contribution in [-0.4, -0.2) is 21.7 Å². The number of nitrogens with zero attached hydrogens (tertiary/aromatic N) is 3. The number of nitrogens with one attached hydrogen (secondary N) is 2. The Morgan fingerprint density at radius 2 is 2.24 bits per heavy atom. The lowest BCUT2D eigenvalue weighted by molar-refractivity contribution is 0.481. The first-order chi connectivity index (χ1) is 8.28. The van der Waals surface area contributed by atoms with Gasteiger partial charge in [0.1, 0.15) is 5.01 Å². The number of thiazole rings is 1. The lowest BCUT2D eigenvalue weighted by atomic mass is 10.6. The number of aromatic nitrogens is 3. The highest BCUT2D eigenvalue weighted by Crippen LogP contribution is 2.13. The first kappa shape index (κ1) is 12.0. The number of rotatable bonds is 6. The highest BCUT2D eigenvalue weighted by atomic mass is 32.1. The Morgan fingerprint density at radius 1 is 1.35 bits per heavy atom. The second-order valence-electron chi connectivity index (χ2n) is 3.50. The molecule has 2 rings (SSSR count). The van der Waals surface area contributed by atoms with Gasteiger partial charge in [0.05, 0.1) is 13.1 Å². The molecule has 0 amide bonds. The van der Waals surface area contributed by atoms with Crippen LogP contribution >= 0.6 is 11.3 Å². The van der Waals surface area contributed by atoms with E-state index in [1.54, 1.807) is 11.3 Å². The second-order valence-corrected chi connectivity index (χ2v) is 4.82. The molecule has 2 N–H and O–H groups in total. The standard InChI is InChI=1S/C10H15N5OS/c1-3-11-5-8-14-15-10(16-8)13-6-9-12-4-7(2)17-9/h4,11H,3,5-6H2,1-2H3,(H,13,15). The predicted molar refractivity (Wildman–Crippen MR) is 65.9 cm³/mol. The molecule has 0 aliphatic rings. The van der Waals surface area contributed by atoms with Crippen molar-refractivity contribution in [1.29, 1.82) is 0 Å². The largest absolute Gasteiger partial charge is 0.407 e. The summed E-state index contributed by atoms with van der Waals surface area (Å²) in [6, 6.07) is 0.436. The predicted octanol–water partition coefficient (Wildman–Crippen LogP) is 1.56. The van der Waals surface area contributed by atoms with Crippen LogP contribution in [0.25, 0.3) is 0 Å². The Labute approximate surface area is 103 Å². The van der Waals surface area contributed by atoms with Crippen molar-refractivity contribution in [2.45, 2.75) is 26.9 Å². The Bertz CT molecular complexity index is 467. The monoisotopic (exact) mass is 253 g/mol. The van der Waals surface area contributed by atoms with Crippen LogP contribution in [0, 0.1) is 6.92 Å². The minimum Gasteiger partial charge on any atom is -0.407 e. The SMILES string of the molecule is CCNCc1nnc(NCc2ncc(C)s2)o1. The molecule has 2 aromatic heterocycles. The van der Waals surface area contributed by atoms with Gasteiger partial charge >= 0.3 is 6.01 Å². The van der Waals surface area contributed by atoms with Gasteiger partial charge in [0.25, 0.3) is 0 Å². The van der Waals surface area contributed by atoms with E-state index < -0.39 is 0 Å². The summed E-state index contributed by atoms with van der Waals surface area (Å²) < 4.78 is 5.40. The molecule has 0 aliphatic heterocycles. The van der Waals surface area contributed by atoms with Gasteiger partial charge in [-0.2, -0.15) is 0 Å². The van der Waals surface area contributed by atoms with Gasteiger partial charge in [-0.1, -0.05) is 12.0 Å². The molecule has 2 heterocycles. The molecule has 7 heteroatoms. The average Bonchev–Trinajstić information content (AvgIpc) is 2.93. The molecule has 6 nitrogen and oxygen atoms in total. The van der Waals surface area contributed by atoms with Gasteiger partial charge in [-0.05, 0) is 13.5 Å². The van der Waals surface area contributed by atoms with Crippen molar-refractivity contribution in [3.8, 4) is 0 Å². The summed E-state index contributed by atoms with van der Waals surface area (Å²) in [5, 5.41) is 15.0.